The maximum Gasteiger partial charge on any atom is 0.244 e. The zero-order chi connectivity index (χ0) is 15.1. The second-order valence-electron chi connectivity index (χ2n) is 5.27. The molecule has 4 nitrogen and oxygen atoms in total. The van der Waals surface area contributed by atoms with Crippen LogP contribution in [0.2, 0.25) is 0 Å². The monoisotopic (exact) mass is 283 g/mol. The summed E-state index contributed by atoms with van der Waals surface area (Å²) >= 11 is 0. The molecule has 0 saturated carbocycles. The fraction of sp³-hybridized carbons (Fsp3) is 0.294. The van der Waals surface area contributed by atoms with Gasteiger partial charge in [0.25, 0.3) is 0 Å². The van der Waals surface area contributed by atoms with Crippen LogP contribution >= 0.6 is 0 Å². The van der Waals surface area contributed by atoms with Gasteiger partial charge < -0.3 is 10.3 Å². The van der Waals surface area contributed by atoms with Gasteiger partial charge in [-0.1, -0.05) is 38.1 Å². The number of H-pyrrole nitrogens is 1. The standard InChI is InChI=1S/C17H21N3O/c1-13(2)15-6-3-14(4-7-15)5-8-17(21)19-10-9-16-11-18-12-20-16/h3-8,11-13H,9-10H2,1-2H3,(H,18,20)(H,19,21). The molecule has 2 rings (SSSR count). The Morgan fingerprint density at radius 3 is 2.71 bits per heavy atom. The molecule has 1 aromatic carbocycles. The van der Waals surface area contributed by atoms with Crippen molar-refractivity contribution >= 4 is 12.0 Å². The summed E-state index contributed by atoms with van der Waals surface area (Å²) in [5, 5.41) is 2.85. The zero-order valence-electron chi connectivity index (χ0n) is 12.5. The Balaban J connectivity index is 1.78. The van der Waals surface area contributed by atoms with E-state index in [9.17, 15) is 4.79 Å². The molecule has 1 heterocycles. The van der Waals surface area contributed by atoms with Crippen molar-refractivity contribution in [2.75, 3.05) is 6.54 Å². The summed E-state index contributed by atoms with van der Waals surface area (Å²) in [5.41, 5.74) is 3.35. The number of benzene rings is 1. The zero-order valence-corrected chi connectivity index (χ0v) is 12.5. The van der Waals surface area contributed by atoms with Gasteiger partial charge in [0.1, 0.15) is 0 Å². The van der Waals surface area contributed by atoms with Crippen molar-refractivity contribution in [3.63, 3.8) is 0 Å². The van der Waals surface area contributed by atoms with Crippen molar-refractivity contribution in [3.05, 3.63) is 59.7 Å². The lowest BCUT2D eigenvalue weighted by Gasteiger charge is -2.04. The van der Waals surface area contributed by atoms with Gasteiger partial charge in [0.15, 0.2) is 0 Å². The van der Waals surface area contributed by atoms with Crippen LogP contribution in [0, 0.1) is 0 Å². The fourth-order valence-electron chi connectivity index (χ4n) is 1.96. The maximum atomic E-state index is 11.7. The van der Waals surface area contributed by atoms with Crippen molar-refractivity contribution in [1.29, 1.82) is 0 Å². The van der Waals surface area contributed by atoms with Crippen LogP contribution in [0.4, 0.5) is 0 Å². The normalized spacial score (nSPS) is 11.2. The molecule has 1 aromatic heterocycles. The number of carbonyl (C=O) groups excluding carboxylic acids is 1. The molecule has 21 heavy (non-hydrogen) atoms. The molecular formula is C17H21N3O. The second-order valence-corrected chi connectivity index (χ2v) is 5.27. The molecule has 0 bridgehead atoms. The molecule has 0 unspecified atom stereocenters. The highest BCUT2D eigenvalue weighted by atomic mass is 16.1. The van der Waals surface area contributed by atoms with E-state index < -0.39 is 0 Å². The molecule has 0 aliphatic heterocycles. The van der Waals surface area contributed by atoms with Crippen LogP contribution in [0.3, 0.4) is 0 Å². The van der Waals surface area contributed by atoms with Gasteiger partial charge in [-0.3, -0.25) is 4.79 Å². The SMILES string of the molecule is CC(C)c1ccc(C=CC(=O)NCCc2cnc[nH]2)cc1. The highest BCUT2D eigenvalue weighted by Gasteiger charge is 1.99. The van der Waals surface area contributed by atoms with E-state index in [1.807, 2.05) is 18.2 Å². The van der Waals surface area contributed by atoms with Gasteiger partial charge in [-0.05, 0) is 23.1 Å². The molecule has 0 saturated heterocycles. The van der Waals surface area contributed by atoms with Gasteiger partial charge in [0, 0.05) is 30.9 Å². The Kier molecular flexibility index (Phi) is 5.32. The fourth-order valence-corrected chi connectivity index (χ4v) is 1.96. The summed E-state index contributed by atoms with van der Waals surface area (Å²) in [7, 11) is 0. The van der Waals surface area contributed by atoms with Crippen LogP contribution in [0.25, 0.3) is 6.08 Å². The van der Waals surface area contributed by atoms with Crippen LogP contribution in [0.1, 0.15) is 36.6 Å². The Bertz CT molecular complexity index is 583. The van der Waals surface area contributed by atoms with E-state index in [2.05, 4.69) is 41.3 Å². The smallest absolute Gasteiger partial charge is 0.244 e. The number of aromatic nitrogens is 2. The third kappa shape index (κ3) is 4.91. The van der Waals surface area contributed by atoms with Crippen LogP contribution in [-0.2, 0) is 11.2 Å². The summed E-state index contributed by atoms with van der Waals surface area (Å²) in [6.07, 6.45) is 7.55. The molecule has 0 radical (unpaired) electrons. The number of carbonyl (C=O) groups is 1. The molecule has 0 spiro atoms. The molecule has 4 heteroatoms. The highest BCUT2D eigenvalue weighted by molar-refractivity contribution is 5.91. The Hall–Kier alpha value is -2.36. The molecule has 2 aromatic rings. The van der Waals surface area contributed by atoms with Gasteiger partial charge in [0.05, 0.1) is 6.33 Å². The van der Waals surface area contributed by atoms with Crippen LogP contribution in [0.5, 0.6) is 0 Å². The number of aromatic amines is 1. The first-order valence-corrected chi connectivity index (χ1v) is 7.18. The highest BCUT2D eigenvalue weighted by Crippen LogP contribution is 2.15. The van der Waals surface area contributed by atoms with E-state index in [0.717, 1.165) is 17.7 Å². The quantitative estimate of drug-likeness (QED) is 0.801. The van der Waals surface area contributed by atoms with Gasteiger partial charge in [-0.25, -0.2) is 4.98 Å². The van der Waals surface area contributed by atoms with Crippen molar-refractivity contribution in [3.8, 4) is 0 Å². The largest absolute Gasteiger partial charge is 0.352 e. The summed E-state index contributed by atoms with van der Waals surface area (Å²) in [5.74, 6) is 0.441. The average Bonchev–Trinajstić information content (AvgIpc) is 2.99. The first kappa shape index (κ1) is 15.0. The van der Waals surface area contributed by atoms with E-state index in [1.54, 1.807) is 18.6 Å². The number of hydrogen-bond donors (Lipinski definition) is 2. The van der Waals surface area contributed by atoms with E-state index in [-0.39, 0.29) is 5.91 Å². The van der Waals surface area contributed by atoms with E-state index in [0.29, 0.717) is 12.5 Å². The van der Waals surface area contributed by atoms with Crippen LogP contribution in [-0.4, -0.2) is 22.4 Å². The Morgan fingerprint density at radius 1 is 1.33 bits per heavy atom. The summed E-state index contributed by atoms with van der Waals surface area (Å²) < 4.78 is 0. The number of hydrogen-bond acceptors (Lipinski definition) is 2. The maximum absolute atomic E-state index is 11.7. The third-order valence-corrected chi connectivity index (χ3v) is 3.28. The molecule has 1 amide bonds. The predicted molar refractivity (Wildman–Crippen MR) is 84.9 cm³/mol. The number of nitrogens with one attached hydrogen (secondary N) is 2. The van der Waals surface area contributed by atoms with Crippen molar-refractivity contribution in [2.24, 2.45) is 0 Å². The molecule has 110 valence electrons. The minimum absolute atomic E-state index is 0.0811. The van der Waals surface area contributed by atoms with Gasteiger partial charge in [0.2, 0.25) is 5.91 Å². The minimum Gasteiger partial charge on any atom is -0.352 e. The van der Waals surface area contributed by atoms with E-state index >= 15 is 0 Å². The number of amides is 1. The second kappa shape index (κ2) is 7.43. The number of imidazole rings is 1. The predicted octanol–water partition coefficient (Wildman–Crippen LogP) is 2.91. The van der Waals surface area contributed by atoms with Gasteiger partial charge in [-0.15, -0.1) is 0 Å². The van der Waals surface area contributed by atoms with Crippen molar-refractivity contribution in [2.45, 2.75) is 26.2 Å². The molecular weight excluding hydrogens is 262 g/mol. The molecule has 0 aliphatic carbocycles. The molecule has 0 atom stereocenters. The van der Waals surface area contributed by atoms with Gasteiger partial charge in [-0.2, -0.15) is 0 Å². The lowest BCUT2D eigenvalue weighted by Crippen LogP contribution is -2.23. The topological polar surface area (TPSA) is 57.8 Å². The first-order chi connectivity index (χ1) is 10.1. The van der Waals surface area contributed by atoms with Gasteiger partial charge >= 0.3 is 0 Å². The number of nitrogens with zero attached hydrogens (tertiary/aromatic N) is 1. The van der Waals surface area contributed by atoms with Crippen LogP contribution in [0.15, 0.2) is 42.9 Å². The van der Waals surface area contributed by atoms with Crippen molar-refractivity contribution in [1.82, 2.24) is 15.3 Å². The Labute approximate surface area is 125 Å². The minimum atomic E-state index is -0.0811. The van der Waals surface area contributed by atoms with E-state index in [4.69, 9.17) is 0 Å². The van der Waals surface area contributed by atoms with E-state index in [1.165, 1.54) is 5.56 Å². The lowest BCUT2D eigenvalue weighted by atomic mass is 10.0. The number of rotatable bonds is 6. The average molecular weight is 283 g/mol. The summed E-state index contributed by atoms with van der Waals surface area (Å²) in [6.45, 7) is 4.92. The first-order valence-electron chi connectivity index (χ1n) is 7.18. The third-order valence-electron chi connectivity index (χ3n) is 3.28. The van der Waals surface area contributed by atoms with Crippen molar-refractivity contribution < 1.29 is 4.79 Å². The lowest BCUT2D eigenvalue weighted by molar-refractivity contribution is -0.116. The summed E-state index contributed by atoms with van der Waals surface area (Å²) in [4.78, 5) is 18.6. The molecule has 2 N–H and O–H groups in total. The molecule has 0 aliphatic rings. The summed E-state index contributed by atoms with van der Waals surface area (Å²) in [6, 6.07) is 8.26. The molecule has 0 fully saturated rings. The Morgan fingerprint density at radius 2 is 2.10 bits per heavy atom. The van der Waals surface area contributed by atoms with Crippen LogP contribution < -0.4 is 5.32 Å².